The van der Waals surface area contributed by atoms with Gasteiger partial charge in [0.15, 0.2) is 0 Å². The number of hydrogen-bond donors (Lipinski definition) is 1. The van der Waals surface area contributed by atoms with Crippen molar-refractivity contribution < 1.29 is 18.0 Å². The van der Waals surface area contributed by atoms with Gasteiger partial charge in [-0.1, -0.05) is 0 Å². The number of pyridine rings is 1. The number of alkyl halides is 3. The van der Waals surface area contributed by atoms with Crippen LogP contribution in [-0.2, 0) is 0 Å². The molecule has 1 aromatic rings. The largest absolute Gasteiger partial charge is 0.406 e. The van der Waals surface area contributed by atoms with Crippen LogP contribution in [0.5, 0.6) is 0 Å². The molecule has 1 saturated carbocycles. The first kappa shape index (κ1) is 13.6. The van der Waals surface area contributed by atoms with E-state index in [-0.39, 0.29) is 11.6 Å². The summed E-state index contributed by atoms with van der Waals surface area (Å²) >= 11 is 0. The second-order valence-electron chi connectivity index (χ2n) is 4.46. The monoisotopic (exact) mass is 273 g/mol. The molecule has 0 aromatic carbocycles. The average Bonchev–Trinajstić information content (AvgIpc) is 3.18. The first-order valence-electron chi connectivity index (χ1n) is 5.92. The highest BCUT2D eigenvalue weighted by molar-refractivity contribution is 5.95. The molecule has 4 nitrogen and oxygen atoms in total. The van der Waals surface area contributed by atoms with Gasteiger partial charge in [0.2, 0.25) is 0 Å². The van der Waals surface area contributed by atoms with E-state index < -0.39 is 18.6 Å². The molecule has 1 heterocycles. The van der Waals surface area contributed by atoms with E-state index in [9.17, 15) is 18.0 Å². The molecule has 0 saturated heterocycles. The van der Waals surface area contributed by atoms with Crippen LogP contribution in [0.1, 0.15) is 23.2 Å². The van der Waals surface area contributed by atoms with Crippen LogP contribution in [0.25, 0.3) is 0 Å². The summed E-state index contributed by atoms with van der Waals surface area (Å²) in [5, 5.41) is 2.75. The molecule has 1 fully saturated rings. The molecule has 1 amide bonds. The van der Waals surface area contributed by atoms with Crippen LogP contribution in [0, 0.1) is 0 Å². The Balaban J connectivity index is 2.19. The maximum atomic E-state index is 12.5. The van der Waals surface area contributed by atoms with Crippen molar-refractivity contribution in [3.63, 3.8) is 0 Å². The van der Waals surface area contributed by atoms with Crippen molar-refractivity contribution in [1.82, 2.24) is 9.88 Å². The van der Waals surface area contributed by atoms with E-state index in [4.69, 9.17) is 0 Å². The number of aromatic nitrogens is 1. The highest BCUT2D eigenvalue weighted by Gasteiger charge is 2.40. The summed E-state index contributed by atoms with van der Waals surface area (Å²) in [6, 6.07) is 2.59. The van der Waals surface area contributed by atoms with Crippen molar-refractivity contribution in [3.8, 4) is 0 Å². The first-order valence-corrected chi connectivity index (χ1v) is 5.92. The van der Waals surface area contributed by atoms with Gasteiger partial charge in [-0.25, -0.2) is 4.98 Å². The van der Waals surface area contributed by atoms with Gasteiger partial charge in [0, 0.05) is 24.8 Å². The van der Waals surface area contributed by atoms with Gasteiger partial charge in [-0.15, -0.1) is 0 Å². The molecule has 0 bridgehead atoms. The summed E-state index contributed by atoms with van der Waals surface area (Å²) in [5.74, 6) is -0.146. The molecular weight excluding hydrogens is 259 g/mol. The molecule has 7 heteroatoms. The van der Waals surface area contributed by atoms with Crippen LogP contribution in [-0.4, -0.2) is 41.6 Å². The predicted molar refractivity (Wildman–Crippen MR) is 63.9 cm³/mol. The molecule has 1 aliphatic carbocycles. The van der Waals surface area contributed by atoms with Gasteiger partial charge in [0.25, 0.3) is 5.91 Å². The summed E-state index contributed by atoms with van der Waals surface area (Å²) in [4.78, 5) is 17.0. The molecule has 0 unspecified atom stereocenters. The second kappa shape index (κ2) is 5.07. The Morgan fingerprint density at radius 3 is 2.74 bits per heavy atom. The number of rotatable bonds is 4. The van der Waals surface area contributed by atoms with E-state index in [1.165, 1.54) is 18.3 Å². The topological polar surface area (TPSA) is 45.2 Å². The molecule has 1 aliphatic rings. The fourth-order valence-electron chi connectivity index (χ4n) is 1.81. The lowest BCUT2D eigenvalue weighted by Crippen LogP contribution is -2.40. The minimum atomic E-state index is -4.38. The second-order valence-corrected chi connectivity index (χ2v) is 4.46. The maximum Gasteiger partial charge on any atom is 0.406 e. The molecular formula is C12H14F3N3O. The third kappa shape index (κ3) is 3.59. The van der Waals surface area contributed by atoms with E-state index in [1.807, 2.05) is 0 Å². The van der Waals surface area contributed by atoms with Crippen LogP contribution >= 0.6 is 0 Å². The van der Waals surface area contributed by atoms with Crippen LogP contribution < -0.4 is 5.32 Å². The quantitative estimate of drug-likeness (QED) is 0.915. The number of carbonyl (C=O) groups excluding carboxylic acids is 1. The van der Waals surface area contributed by atoms with Gasteiger partial charge in [-0.05, 0) is 25.0 Å². The van der Waals surface area contributed by atoms with Crippen molar-refractivity contribution >= 4 is 11.7 Å². The summed E-state index contributed by atoms with van der Waals surface area (Å²) in [6.45, 7) is -1.20. The number of halogens is 3. The number of nitrogens with one attached hydrogen (secondary N) is 1. The summed E-state index contributed by atoms with van der Waals surface area (Å²) in [7, 11) is 1.63. The van der Waals surface area contributed by atoms with Crippen LogP contribution in [0.15, 0.2) is 18.3 Å². The van der Waals surface area contributed by atoms with Crippen molar-refractivity contribution in [2.75, 3.05) is 18.9 Å². The molecule has 0 atom stereocenters. The van der Waals surface area contributed by atoms with Gasteiger partial charge in [-0.2, -0.15) is 13.2 Å². The van der Waals surface area contributed by atoms with E-state index >= 15 is 0 Å². The van der Waals surface area contributed by atoms with Gasteiger partial charge in [0.1, 0.15) is 12.4 Å². The molecule has 1 N–H and O–H groups in total. The fourth-order valence-corrected chi connectivity index (χ4v) is 1.81. The highest BCUT2D eigenvalue weighted by atomic mass is 19.4. The van der Waals surface area contributed by atoms with Crippen molar-refractivity contribution in [1.29, 1.82) is 0 Å². The standard InChI is InChI=1S/C12H14F3N3O/c1-16-10-6-8(4-5-17-10)11(19)18(9-2-3-9)7-12(13,14)15/h4-6,9H,2-3,7H2,1H3,(H,16,17). The maximum absolute atomic E-state index is 12.5. The lowest BCUT2D eigenvalue weighted by atomic mass is 10.2. The van der Waals surface area contributed by atoms with E-state index in [1.54, 1.807) is 7.05 Å². The number of carbonyl (C=O) groups is 1. The lowest BCUT2D eigenvalue weighted by molar-refractivity contribution is -0.141. The van der Waals surface area contributed by atoms with Gasteiger partial charge in [-0.3, -0.25) is 4.79 Å². The van der Waals surface area contributed by atoms with E-state index in [0.717, 1.165) is 4.90 Å². The Bertz CT molecular complexity index is 472. The van der Waals surface area contributed by atoms with Crippen LogP contribution in [0.2, 0.25) is 0 Å². The summed E-state index contributed by atoms with van der Waals surface area (Å²) < 4.78 is 37.5. The zero-order chi connectivity index (χ0) is 14.0. The van der Waals surface area contributed by atoms with Gasteiger partial charge < -0.3 is 10.2 Å². The van der Waals surface area contributed by atoms with Crippen molar-refractivity contribution in [3.05, 3.63) is 23.9 Å². The van der Waals surface area contributed by atoms with Gasteiger partial charge in [0.05, 0.1) is 0 Å². The Labute approximate surface area is 108 Å². The molecule has 0 aliphatic heterocycles. The Morgan fingerprint density at radius 2 is 2.21 bits per heavy atom. The third-order valence-electron chi connectivity index (χ3n) is 2.86. The zero-order valence-corrected chi connectivity index (χ0v) is 10.4. The highest BCUT2D eigenvalue weighted by Crippen LogP contribution is 2.31. The average molecular weight is 273 g/mol. The zero-order valence-electron chi connectivity index (χ0n) is 10.4. The molecule has 1 aromatic heterocycles. The minimum Gasteiger partial charge on any atom is -0.373 e. The van der Waals surface area contributed by atoms with Crippen molar-refractivity contribution in [2.24, 2.45) is 0 Å². The van der Waals surface area contributed by atoms with Crippen LogP contribution in [0.4, 0.5) is 19.0 Å². The molecule has 0 spiro atoms. The molecule has 2 rings (SSSR count). The Morgan fingerprint density at radius 1 is 1.53 bits per heavy atom. The summed E-state index contributed by atoms with van der Waals surface area (Å²) in [6.07, 6.45) is -1.72. The number of anilines is 1. The minimum absolute atomic E-state index is 0.218. The smallest absolute Gasteiger partial charge is 0.373 e. The SMILES string of the molecule is CNc1cc(C(=O)N(CC(F)(F)F)C2CC2)ccn1. The Kier molecular flexibility index (Phi) is 3.64. The lowest BCUT2D eigenvalue weighted by Gasteiger charge is -2.23. The fraction of sp³-hybridized carbons (Fsp3) is 0.500. The number of amides is 1. The number of nitrogens with zero attached hydrogens (tertiary/aromatic N) is 2. The first-order chi connectivity index (χ1) is 8.90. The van der Waals surface area contributed by atoms with Crippen LogP contribution in [0.3, 0.4) is 0 Å². The summed E-state index contributed by atoms with van der Waals surface area (Å²) in [5.41, 5.74) is 0.218. The predicted octanol–water partition coefficient (Wildman–Crippen LogP) is 2.29. The number of hydrogen-bond acceptors (Lipinski definition) is 3. The van der Waals surface area contributed by atoms with E-state index in [2.05, 4.69) is 10.3 Å². The molecule has 0 radical (unpaired) electrons. The van der Waals surface area contributed by atoms with E-state index in [0.29, 0.717) is 18.7 Å². The normalized spacial score (nSPS) is 15.2. The molecule has 19 heavy (non-hydrogen) atoms. The van der Waals surface area contributed by atoms with Crippen molar-refractivity contribution in [2.45, 2.75) is 25.1 Å². The third-order valence-corrected chi connectivity index (χ3v) is 2.86. The Hall–Kier alpha value is -1.79. The molecule has 104 valence electrons. The van der Waals surface area contributed by atoms with Gasteiger partial charge >= 0.3 is 6.18 Å².